The highest BCUT2D eigenvalue weighted by Gasteiger charge is 2.33. The van der Waals surface area contributed by atoms with Crippen molar-refractivity contribution in [1.82, 2.24) is 10.2 Å². The van der Waals surface area contributed by atoms with Gasteiger partial charge in [0.15, 0.2) is 11.6 Å². The van der Waals surface area contributed by atoms with Crippen molar-refractivity contribution in [2.45, 2.75) is 52.7 Å². The lowest BCUT2D eigenvalue weighted by Gasteiger charge is -2.45. The summed E-state index contributed by atoms with van der Waals surface area (Å²) in [6, 6.07) is 5.06. The summed E-state index contributed by atoms with van der Waals surface area (Å²) in [4.78, 5) is 2.39. The Hall–Kier alpha value is -1.00. The van der Waals surface area contributed by atoms with Crippen molar-refractivity contribution in [2.75, 3.05) is 13.1 Å². The summed E-state index contributed by atoms with van der Waals surface area (Å²) in [6.07, 6.45) is 1.05. The lowest BCUT2D eigenvalue weighted by molar-refractivity contribution is 0.0774. The third-order valence-corrected chi connectivity index (χ3v) is 4.42. The van der Waals surface area contributed by atoms with E-state index in [2.05, 4.69) is 37.9 Å². The Morgan fingerprint density at radius 2 is 1.95 bits per heavy atom. The normalized spacial score (nSPS) is 24.3. The molecule has 0 aliphatic carbocycles. The van der Waals surface area contributed by atoms with Crippen molar-refractivity contribution in [3.63, 3.8) is 0 Å². The van der Waals surface area contributed by atoms with Crippen molar-refractivity contribution in [3.05, 3.63) is 35.4 Å². The zero-order valence-electron chi connectivity index (χ0n) is 13.4. The molecule has 1 heterocycles. The fourth-order valence-corrected chi connectivity index (χ4v) is 2.90. The van der Waals surface area contributed by atoms with Crippen LogP contribution in [0.2, 0.25) is 0 Å². The van der Waals surface area contributed by atoms with Gasteiger partial charge in [0.05, 0.1) is 0 Å². The van der Waals surface area contributed by atoms with E-state index in [0.29, 0.717) is 18.6 Å². The lowest BCUT2D eigenvalue weighted by Crippen LogP contribution is -2.59. The highest BCUT2D eigenvalue weighted by Crippen LogP contribution is 2.25. The minimum Gasteiger partial charge on any atom is -0.311 e. The molecule has 0 saturated carbocycles. The molecule has 0 spiro atoms. The van der Waals surface area contributed by atoms with E-state index in [1.165, 1.54) is 12.1 Å². The molecular formula is C17H26F2N2. The number of nitrogens with zero attached hydrogens (tertiary/aromatic N) is 1. The van der Waals surface area contributed by atoms with E-state index in [0.717, 1.165) is 25.1 Å². The van der Waals surface area contributed by atoms with Gasteiger partial charge in [-0.1, -0.05) is 33.8 Å². The molecule has 4 heteroatoms. The lowest BCUT2D eigenvalue weighted by atomic mass is 9.84. The maximum absolute atomic E-state index is 13.4. The second-order valence-corrected chi connectivity index (χ2v) is 7.07. The molecule has 2 rings (SSSR count). The first-order valence-electron chi connectivity index (χ1n) is 7.72. The van der Waals surface area contributed by atoms with Gasteiger partial charge in [-0.25, -0.2) is 8.78 Å². The Balaban J connectivity index is 2.12. The quantitative estimate of drug-likeness (QED) is 0.917. The van der Waals surface area contributed by atoms with Crippen LogP contribution in [-0.4, -0.2) is 30.1 Å². The van der Waals surface area contributed by atoms with Crippen LogP contribution in [0.3, 0.4) is 0 Å². The second-order valence-electron chi connectivity index (χ2n) is 7.07. The fourth-order valence-electron chi connectivity index (χ4n) is 2.90. The zero-order valence-corrected chi connectivity index (χ0v) is 13.4. The molecule has 0 amide bonds. The predicted molar refractivity (Wildman–Crippen MR) is 82.1 cm³/mol. The van der Waals surface area contributed by atoms with Crippen molar-refractivity contribution >= 4 is 0 Å². The van der Waals surface area contributed by atoms with E-state index in [-0.39, 0.29) is 5.41 Å². The van der Waals surface area contributed by atoms with E-state index >= 15 is 0 Å². The Labute approximate surface area is 126 Å². The molecule has 1 aliphatic rings. The van der Waals surface area contributed by atoms with E-state index in [1.54, 1.807) is 6.07 Å². The maximum atomic E-state index is 13.4. The van der Waals surface area contributed by atoms with Crippen LogP contribution < -0.4 is 5.32 Å². The molecule has 21 heavy (non-hydrogen) atoms. The summed E-state index contributed by atoms with van der Waals surface area (Å²) in [5.41, 5.74) is 1.02. The van der Waals surface area contributed by atoms with Crippen molar-refractivity contribution in [1.29, 1.82) is 0 Å². The average molecular weight is 296 g/mol. The summed E-state index contributed by atoms with van der Waals surface area (Å²) in [7, 11) is 0. The Morgan fingerprint density at radius 1 is 1.24 bits per heavy atom. The molecule has 1 aromatic carbocycles. The first-order chi connectivity index (χ1) is 9.81. The number of piperazine rings is 1. The predicted octanol–water partition coefficient (Wildman–Crippen LogP) is 3.56. The number of hydrogen-bond acceptors (Lipinski definition) is 2. The maximum Gasteiger partial charge on any atom is 0.159 e. The SMILES string of the molecule is CCC1CNC(C(C)(C)C)CN1Cc1ccc(F)c(F)c1. The monoisotopic (exact) mass is 296 g/mol. The summed E-state index contributed by atoms with van der Waals surface area (Å²) in [5, 5.41) is 3.62. The highest BCUT2D eigenvalue weighted by molar-refractivity contribution is 5.18. The Morgan fingerprint density at radius 3 is 2.52 bits per heavy atom. The van der Waals surface area contributed by atoms with Crippen molar-refractivity contribution in [3.8, 4) is 0 Å². The first kappa shape index (κ1) is 16.4. The zero-order chi connectivity index (χ0) is 15.6. The number of benzene rings is 1. The van der Waals surface area contributed by atoms with Crippen LogP contribution in [-0.2, 0) is 6.54 Å². The van der Waals surface area contributed by atoms with Gasteiger partial charge in [0.1, 0.15) is 0 Å². The molecule has 0 radical (unpaired) electrons. The van der Waals surface area contributed by atoms with Crippen LogP contribution in [0.25, 0.3) is 0 Å². The summed E-state index contributed by atoms with van der Waals surface area (Å²) < 4.78 is 26.4. The Kier molecular flexibility index (Phi) is 4.99. The molecule has 118 valence electrons. The molecule has 1 saturated heterocycles. The van der Waals surface area contributed by atoms with Gasteiger partial charge in [0.2, 0.25) is 0 Å². The first-order valence-corrected chi connectivity index (χ1v) is 7.72. The third kappa shape index (κ3) is 4.01. The molecular weight excluding hydrogens is 270 g/mol. The molecule has 1 aromatic rings. The van der Waals surface area contributed by atoms with Gasteiger partial charge in [-0.2, -0.15) is 0 Å². The fraction of sp³-hybridized carbons (Fsp3) is 0.647. The second kappa shape index (κ2) is 6.41. The number of nitrogens with one attached hydrogen (secondary N) is 1. The van der Waals surface area contributed by atoms with Crippen LogP contribution in [0.4, 0.5) is 8.78 Å². The topological polar surface area (TPSA) is 15.3 Å². The minimum absolute atomic E-state index is 0.186. The molecule has 2 nitrogen and oxygen atoms in total. The van der Waals surface area contributed by atoms with Gasteiger partial charge >= 0.3 is 0 Å². The molecule has 0 bridgehead atoms. The summed E-state index contributed by atoms with van der Waals surface area (Å²) >= 11 is 0. The smallest absolute Gasteiger partial charge is 0.159 e. The summed E-state index contributed by atoms with van der Waals surface area (Å²) in [6.45, 7) is 11.4. The number of hydrogen-bond donors (Lipinski definition) is 1. The minimum atomic E-state index is -0.779. The summed E-state index contributed by atoms with van der Waals surface area (Å²) in [5.74, 6) is -1.54. The van der Waals surface area contributed by atoms with Crippen molar-refractivity contribution in [2.24, 2.45) is 5.41 Å². The van der Waals surface area contributed by atoms with Crippen LogP contribution >= 0.6 is 0 Å². The molecule has 1 aliphatic heterocycles. The van der Waals surface area contributed by atoms with Crippen LogP contribution in [0.1, 0.15) is 39.7 Å². The molecule has 1 fully saturated rings. The van der Waals surface area contributed by atoms with Gasteiger partial charge in [0.25, 0.3) is 0 Å². The molecule has 1 N–H and O–H groups in total. The van der Waals surface area contributed by atoms with E-state index in [1.807, 2.05) is 0 Å². The van der Waals surface area contributed by atoms with E-state index in [4.69, 9.17) is 0 Å². The van der Waals surface area contributed by atoms with Crippen LogP contribution in [0, 0.1) is 17.0 Å². The average Bonchev–Trinajstić information content (AvgIpc) is 2.42. The molecule has 2 unspecified atom stereocenters. The number of rotatable bonds is 3. The van der Waals surface area contributed by atoms with Gasteiger partial charge in [-0.05, 0) is 29.5 Å². The van der Waals surface area contributed by atoms with Gasteiger partial charge in [0, 0.05) is 31.7 Å². The Bertz CT molecular complexity index is 482. The standard InChI is InChI=1S/C17H26F2N2/c1-5-13-9-20-16(17(2,3)4)11-21(13)10-12-6-7-14(18)15(19)8-12/h6-8,13,16,20H,5,9-11H2,1-4H3. The van der Waals surface area contributed by atoms with Gasteiger partial charge in [-0.3, -0.25) is 4.90 Å². The largest absolute Gasteiger partial charge is 0.311 e. The van der Waals surface area contributed by atoms with Gasteiger partial charge < -0.3 is 5.32 Å². The van der Waals surface area contributed by atoms with Gasteiger partial charge in [-0.15, -0.1) is 0 Å². The highest BCUT2D eigenvalue weighted by atomic mass is 19.2. The number of halogens is 2. The van der Waals surface area contributed by atoms with Crippen molar-refractivity contribution < 1.29 is 8.78 Å². The van der Waals surface area contributed by atoms with Crippen LogP contribution in [0.5, 0.6) is 0 Å². The van der Waals surface area contributed by atoms with E-state index < -0.39 is 11.6 Å². The molecule has 0 aromatic heterocycles. The third-order valence-electron chi connectivity index (χ3n) is 4.42. The molecule has 2 atom stereocenters. The van der Waals surface area contributed by atoms with E-state index in [9.17, 15) is 8.78 Å². The van der Waals surface area contributed by atoms with Crippen LogP contribution in [0.15, 0.2) is 18.2 Å².